The summed E-state index contributed by atoms with van der Waals surface area (Å²) in [5.41, 5.74) is 0. The van der Waals surface area contributed by atoms with Crippen LogP contribution in [0.5, 0.6) is 0 Å². The van der Waals surface area contributed by atoms with Crippen molar-refractivity contribution >= 4 is 31.4 Å². The Kier molecular flexibility index (Phi) is 2.07. The van der Waals surface area contributed by atoms with E-state index in [2.05, 4.69) is 0 Å². The fraction of sp³-hybridized carbons (Fsp3) is 0.200. The maximum atomic E-state index is 5.89. The summed E-state index contributed by atoms with van der Waals surface area (Å²) >= 11 is -2.36. The molecule has 0 unspecified atom stereocenters. The molecule has 8 heavy (non-hydrogen) atoms. The Bertz CT molecular complexity index is 137. The molecular formula is C5H6Cl2Ge. The van der Waals surface area contributed by atoms with E-state index >= 15 is 0 Å². The maximum absolute atomic E-state index is 5.89. The van der Waals surface area contributed by atoms with E-state index in [4.69, 9.17) is 20.0 Å². The fourth-order valence-corrected chi connectivity index (χ4v) is 4.30. The molecule has 0 aromatic heterocycles. The van der Waals surface area contributed by atoms with Crippen LogP contribution in [0.3, 0.4) is 0 Å². The Morgan fingerprint density at radius 1 is 1.25 bits per heavy atom. The van der Waals surface area contributed by atoms with Crippen LogP contribution in [0.15, 0.2) is 23.1 Å². The monoisotopic (exact) mass is 210 g/mol. The van der Waals surface area contributed by atoms with E-state index in [1.807, 2.05) is 23.1 Å². The van der Waals surface area contributed by atoms with Crippen molar-refractivity contribution in [1.29, 1.82) is 0 Å². The van der Waals surface area contributed by atoms with Gasteiger partial charge in [-0.3, -0.25) is 0 Å². The molecule has 0 amide bonds. The molecule has 44 valence electrons. The third-order valence-corrected chi connectivity index (χ3v) is 6.95. The predicted molar refractivity (Wildman–Crippen MR) is 40.5 cm³/mol. The van der Waals surface area contributed by atoms with Crippen LogP contribution in [0.4, 0.5) is 0 Å². The number of allylic oxidation sites excluding steroid dienone is 3. The Balaban J connectivity index is 2.65. The second-order valence-electron chi connectivity index (χ2n) is 1.75. The Morgan fingerprint density at radius 3 is 2.25 bits per heavy atom. The summed E-state index contributed by atoms with van der Waals surface area (Å²) in [5, 5.41) is 0.902. The van der Waals surface area contributed by atoms with Crippen LogP contribution in [0.25, 0.3) is 0 Å². The van der Waals surface area contributed by atoms with Gasteiger partial charge in [0.15, 0.2) is 0 Å². The molecule has 0 saturated heterocycles. The van der Waals surface area contributed by atoms with E-state index in [-0.39, 0.29) is 0 Å². The molecule has 0 saturated carbocycles. The molecule has 0 nitrogen and oxygen atoms in total. The first kappa shape index (κ1) is 6.72. The molecule has 0 N–H and O–H groups in total. The van der Waals surface area contributed by atoms with Gasteiger partial charge in [0.05, 0.1) is 0 Å². The van der Waals surface area contributed by atoms with E-state index < -0.39 is 11.4 Å². The molecule has 0 fully saturated rings. The molecule has 0 bridgehead atoms. The van der Waals surface area contributed by atoms with Gasteiger partial charge >= 0.3 is 59.8 Å². The molecule has 3 heteroatoms. The molecular weight excluding hydrogens is 204 g/mol. The molecule has 1 aliphatic rings. The van der Waals surface area contributed by atoms with Gasteiger partial charge in [-0.15, -0.1) is 0 Å². The van der Waals surface area contributed by atoms with Crippen LogP contribution in [0.1, 0.15) is 0 Å². The standard InChI is InChI=1S/C5H6Cl2Ge/c6-8(7)4-2-1-3-5-8/h1-4H,5H2. The average molecular weight is 210 g/mol. The molecule has 0 radical (unpaired) electrons. The minimum atomic E-state index is -2.36. The van der Waals surface area contributed by atoms with Crippen LogP contribution >= 0.6 is 20.0 Å². The summed E-state index contributed by atoms with van der Waals surface area (Å²) in [4.78, 5) is 1.96. The van der Waals surface area contributed by atoms with Crippen molar-refractivity contribution in [1.82, 2.24) is 0 Å². The zero-order valence-electron chi connectivity index (χ0n) is 4.27. The number of hydrogen-bond acceptors (Lipinski definition) is 0. The summed E-state index contributed by atoms with van der Waals surface area (Å²) in [5.74, 6) is 0. The van der Waals surface area contributed by atoms with Crippen LogP contribution < -0.4 is 0 Å². The van der Waals surface area contributed by atoms with Crippen molar-refractivity contribution in [3.05, 3.63) is 23.1 Å². The fourth-order valence-electron chi connectivity index (χ4n) is 0.568. The van der Waals surface area contributed by atoms with Gasteiger partial charge < -0.3 is 0 Å². The molecule has 0 aromatic carbocycles. The van der Waals surface area contributed by atoms with Gasteiger partial charge in [-0.05, 0) is 0 Å². The molecule has 0 aromatic rings. The van der Waals surface area contributed by atoms with Crippen molar-refractivity contribution in [2.24, 2.45) is 0 Å². The van der Waals surface area contributed by atoms with Gasteiger partial charge in [-0.1, -0.05) is 0 Å². The number of hydrogen-bond donors (Lipinski definition) is 0. The van der Waals surface area contributed by atoms with Gasteiger partial charge in [-0.2, -0.15) is 0 Å². The van der Waals surface area contributed by atoms with Crippen molar-refractivity contribution in [3.63, 3.8) is 0 Å². The van der Waals surface area contributed by atoms with Crippen molar-refractivity contribution in [3.8, 4) is 0 Å². The normalized spacial score (nSPS) is 23.8. The Labute approximate surface area is 59.9 Å². The molecule has 0 aliphatic carbocycles. The zero-order chi connectivity index (χ0) is 6.04. The van der Waals surface area contributed by atoms with Crippen molar-refractivity contribution < 1.29 is 0 Å². The van der Waals surface area contributed by atoms with E-state index in [0.717, 1.165) is 5.25 Å². The van der Waals surface area contributed by atoms with E-state index in [1.54, 1.807) is 0 Å². The first-order chi connectivity index (χ1) is 3.71. The SMILES string of the molecule is [Cl][Ge]1([Cl])[CH]=CC=C[CH2]1. The Hall–Kier alpha value is 0.603. The van der Waals surface area contributed by atoms with Crippen LogP contribution in [-0.2, 0) is 0 Å². The molecule has 0 spiro atoms. The third kappa shape index (κ3) is 1.84. The minimum absolute atomic E-state index is 0.902. The summed E-state index contributed by atoms with van der Waals surface area (Å²) < 4.78 is 0. The number of rotatable bonds is 0. The second kappa shape index (κ2) is 2.46. The first-order valence-corrected chi connectivity index (χ1v) is 10.6. The summed E-state index contributed by atoms with van der Waals surface area (Å²) in [6.07, 6.45) is 5.94. The van der Waals surface area contributed by atoms with Crippen molar-refractivity contribution in [2.45, 2.75) is 5.25 Å². The quantitative estimate of drug-likeness (QED) is 0.538. The summed E-state index contributed by atoms with van der Waals surface area (Å²) in [7, 11) is 11.8. The van der Waals surface area contributed by atoms with E-state index in [1.165, 1.54) is 0 Å². The van der Waals surface area contributed by atoms with E-state index in [9.17, 15) is 0 Å². The summed E-state index contributed by atoms with van der Waals surface area (Å²) in [6, 6.07) is 0. The zero-order valence-corrected chi connectivity index (χ0v) is 7.88. The molecule has 1 rings (SSSR count). The molecule has 1 aliphatic heterocycles. The third-order valence-electron chi connectivity index (χ3n) is 0.977. The number of halogens is 2. The van der Waals surface area contributed by atoms with Gasteiger partial charge in [0, 0.05) is 0 Å². The van der Waals surface area contributed by atoms with Gasteiger partial charge in [0.2, 0.25) is 0 Å². The van der Waals surface area contributed by atoms with Crippen LogP contribution in [-0.4, -0.2) is 11.4 Å². The average Bonchev–Trinajstić information content (AvgIpc) is 1.65. The Morgan fingerprint density at radius 2 is 2.00 bits per heavy atom. The predicted octanol–water partition coefficient (Wildman–Crippen LogP) is 2.57. The van der Waals surface area contributed by atoms with E-state index in [0.29, 0.717) is 0 Å². The van der Waals surface area contributed by atoms with Crippen LogP contribution in [0, 0.1) is 0 Å². The van der Waals surface area contributed by atoms with Gasteiger partial charge in [0.25, 0.3) is 0 Å². The van der Waals surface area contributed by atoms with Crippen molar-refractivity contribution in [2.75, 3.05) is 0 Å². The van der Waals surface area contributed by atoms with Gasteiger partial charge in [-0.25, -0.2) is 0 Å². The van der Waals surface area contributed by atoms with Crippen LogP contribution in [0.2, 0.25) is 5.25 Å². The first-order valence-electron chi connectivity index (χ1n) is 2.43. The topological polar surface area (TPSA) is 0 Å². The second-order valence-corrected chi connectivity index (χ2v) is 14.5. The van der Waals surface area contributed by atoms with Gasteiger partial charge in [0.1, 0.15) is 0 Å². The summed E-state index contributed by atoms with van der Waals surface area (Å²) in [6.45, 7) is 0. The molecule has 0 atom stereocenters. The molecule has 1 heterocycles.